The first-order chi connectivity index (χ1) is 11.2. The number of H-pyrrole nitrogens is 1. The molecule has 0 unspecified atom stereocenters. The summed E-state index contributed by atoms with van der Waals surface area (Å²) in [5, 5.41) is 15.9. The monoisotopic (exact) mass is 336 g/mol. The molecule has 0 aliphatic rings. The van der Waals surface area contributed by atoms with Gasteiger partial charge in [0.25, 0.3) is 0 Å². The van der Waals surface area contributed by atoms with Crippen molar-refractivity contribution in [3.05, 3.63) is 30.0 Å². The van der Waals surface area contributed by atoms with Gasteiger partial charge in [0.2, 0.25) is 0 Å². The highest BCUT2D eigenvalue weighted by molar-refractivity contribution is 6.27. The third-order valence-electron chi connectivity index (χ3n) is 3.01. The average Bonchev–Trinajstić information content (AvgIpc) is 2.87. The molecule has 130 valence electrons. The van der Waals surface area contributed by atoms with Crippen molar-refractivity contribution in [2.75, 3.05) is 20.6 Å². The average molecular weight is 336 g/mol. The summed E-state index contributed by atoms with van der Waals surface area (Å²) in [6, 6.07) is 5.65. The molecule has 24 heavy (non-hydrogen) atoms. The molecule has 0 aliphatic heterocycles. The zero-order chi connectivity index (χ0) is 18.3. The molecule has 0 atom stereocenters. The maximum absolute atomic E-state index is 11.0. The molecule has 0 aliphatic carbocycles. The number of esters is 1. The fourth-order valence-corrected chi connectivity index (χ4v) is 1.94. The molecule has 8 nitrogen and oxygen atoms in total. The molecule has 0 spiro atoms. The first kappa shape index (κ1) is 19.2. The molecule has 3 N–H and O–H groups in total. The normalized spacial score (nSPS) is 10.2. The predicted octanol–water partition coefficient (Wildman–Crippen LogP) is 1.35. The number of aromatic nitrogens is 1. The van der Waals surface area contributed by atoms with E-state index >= 15 is 0 Å². The topological polar surface area (TPSA) is 120 Å². The quantitative estimate of drug-likeness (QED) is 0.438. The van der Waals surface area contributed by atoms with Crippen LogP contribution in [0.4, 0.5) is 0 Å². The van der Waals surface area contributed by atoms with E-state index in [0.29, 0.717) is 5.75 Å². The minimum atomic E-state index is -1.82. The maximum Gasteiger partial charge on any atom is 0.414 e. The van der Waals surface area contributed by atoms with Crippen molar-refractivity contribution in [3.8, 4) is 5.75 Å². The highest BCUT2D eigenvalue weighted by Gasteiger charge is 2.07. The Bertz CT molecular complexity index is 723. The number of ether oxygens (including phenoxy) is 1. The lowest BCUT2D eigenvalue weighted by atomic mass is 10.1. The Kier molecular flexibility index (Phi) is 6.94. The highest BCUT2D eigenvalue weighted by Crippen LogP contribution is 2.24. The number of nitrogens with zero attached hydrogens (tertiary/aromatic N) is 1. The molecule has 0 radical (unpaired) electrons. The van der Waals surface area contributed by atoms with Crippen molar-refractivity contribution >= 4 is 28.8 Å². The highest BCUT2D eigenvalue weighted by atomic mass is 16.5. The lowest BCUT2D eigenvalue weighted by molar-refractivity contribution is -0.159. The number of rotatable bonds is 4. The van der Waals surface area contributed by atoms with Gasteiger partial charge in [0.15, 0.2) is 0 Å². The van der Waals surface area contributed by atoms with Crippen LogP contribution in [-0.4, -0.2) is 58.6 Å². The number of carboxylic acid groups (broad SMARTS) is 2. The van der Waals surface area contributed by atoms with Crippen molar-refractivity contribution in [2.45, 2.75) is 13.3 Å². The summed E-state index contributed by atoms with van der Waals surface area (Å²) in [5.41, 5.74) is 2.31. The van der Waals surface area contributed by atoms with Crippen LogP contribution in [0.1, 0.15) is 12.5 Å². The van der Waals surface area contributed by atoms with Gasteiger partial charge < -0.3 is 24.8 Å². The second kappa shape index (κ2) is 8.68. The Labute approximate surface area is 138 Å². The number of likely N-dealkylation sites (N-methyl/N-ethyl adjacent to an activating group) is 1. The standard InChI is InChI=1S/C14H18N2O2.C2H2O4/c1-10(17)18-12-4-5-14-13(8-12)11(9-15-14)6-7-16(2)3;3-1(4)2(5)6/h4-5,8-9,15H,6-7H2,1-3H3;(H,3,4)(H,5,6). The van der Waals surface area contributed by atoms with Crippen LogP contribution in [0, 0.1) is 0 Å². The van der Waals surface area contributed by atoms with E-state index in [2.05, 4.69) is 24.0 Å². The number of hydrogen-bond acceptors (Lipinski definition) is 5. The molecule has 0 saturated heterocycles. The largest absolute Gasteiger partial charge is 0.473 e. The van der Waals surface area contributed by atoms with Gasteiger partial charge in [-0.25, -0.2) is 9.59 Å². The number of aromatic amines is 1. The van der Waals surface area contributed by atoms with Gasteiger partial charge in [0, 0.05) is 30.6 Å². The molecule has 8 heteroatoms. The molecule has 1 heterocycles. The van der Waals surface area contributed by atoms with E-state index in [9.17, 15) is 4.79 Å². The second-order valence-corrected chi connectivity index (χ2v) is 5.28. The number of carbonyl (C=O) groups is 3. The molecule has 2 rings (SSSR count). The number of nitrogens with one attached hydrogen (secondary N) is 1. The zero-order valence-electron chi connectivity index (χ0n) is 13.7. The van der Waals surface area contributed by atoms with E-state index < -0.39 is 11.9 Å². The van der Waals surface area contributed by atoms with E-state index in [1.54, 1.807) is 6.07 Å². The van der Waals surface area contributed by atoms with Crippen LogP contribution in [0.3, 0.4) is 0 Å². The fourth-order valence-electron chi connectivity index (χ4n) is 1.94. The first-order valence-corrected chi connectivity index (χ1v) is 7.10. The van der Waals surface area contributed by atoms with E-state index in [-0.39, 0.29) is 5.97 Å². The molecule has 0 amide bonds. The molecule has 1 aromatic carbocycles. The van der Waals surface area contributed by atoms with Crippen LogP contribution in [0.5, 0.6) is 5.75 Å². The van der Waals surface area contributed by atoms with Crippen molar-refractivity contribution in [1.82, 2.24) is 9.88 Å². The lowest BCUT2D eigenvalue weighted by Crippen LogP contribution is -2.14. The number of carbonyl (C=O) groups excluding carboxylic acids is 1. The number of benzene rings is 1. The minimum absolute atomic E-state index is 0.292. The smallest absolute Gasteiger partial charge is 0.414 e. The van der Waals surface area contributed by atoms with Crippen LogP contribution < -0.4 is 4.74 Å². The van der Waals surface area contributed by atoms with Gasteiger partial charge in [-0.2, -0.15) is 0 Å². The van der Waals surface area contributed by atoms with Crippen LogP contribution in [0.15, 0.2) is 24.4 Å². The van der Waals surface area contributed by atoms with Gasteiger partial charge >= 0.3 is 17.9 Å². The van der Waals surface area contributed by atoms with Gasteiger partial charge in [0.1, 0.15) is 5.75 Å². The number of hydrogen-bond donors (Lipinski definition) is 3. The first-order valence-electron chi connectivity index (χ1n) is 7.10. The molecule has 0 fully saturated rings. The van der Waals surface area contributed by atoms with Crippen LogP contribution in [0.25, 0.3) is 10.9 Å². The van der Waals surface area contributed by atoms with Gasteiger partial charge in [-0.1, -0.05) is 0 Å². The molecular weight excluding hydrogens is 316 g/mol. The Hall–Kier alpha value is -2.87. The summed E-state index contributed by atoms with van der Waals surface area (Å²) in [6.07, 6.45) is 2.99. The third kappa shape index (κ3) is 6.09. The van der Waals surface area contributed by atoms with E-state index in [4.69, 9.17) is 24.5 Å². The lowest BCUT2D eigenvalue weighted by Gasteiger charge is -2.08. The van der Waals surface area contributed by atoms with Crippen LogP contribution in [-0.2, 0) is 20.8 Å². The Morgan fingerprint density at radius 2 is 1.79 bits per heavy atom. The molecule has 0 saturated carbocycles. The van der Waals surface area contributed by atoms with Crippen molar-refractivity contribution in [2.24, 2.45) is 0 Å². The maximum atomic E-state index is 11.0. The Morgan fingerprint density at radius 3 is 2.29 bits per heavy atom. The van der Waals surface area contributed by atoms with E-state index in [1.165, 1.54) is 12.5 Å². The number of carboxylic acids is 2. The van der Waals surface area contributed by atoms with E-state index in [1.807, 2.05) is 18.3 Å². The van der Waals surface area contributed by atoms with E-state index in [0.717, 1.165) is 23.9 Å². The number of aliphatic carboxylic acids is 2. The summed E-state index contributed by atoms with van der Waals surface area (Å²) in [7, 11) is 4.11. The summed E-state index contributed by atoms with van der Waals surface area (Å²) >= 11 is 0. The summed E-state index contributed by atoms with van der Waals surface area (Å²) in [5.74, 6) is -3.34. The van der Waals surface area contributed by atoms with Crippen molar-refractivity contribution in [1.29, 1.82) is 0 Å². The zero-order valence-corrected chi connectivity index (χ0v) is 13.7. The number of fused-ring (bicyclic) bond motifs is 1. The van der Waals surface area contributed by atoms with Crippen molar-refractivity contribution in [3.63, 3.8) is 0 Å². The van der Waals surface area contributed by atoms with Crippen LogP contribution >= 0.6 is 0 Å². The fraction of sp³-hybridized carbons (Fsp3) is 0.312. The minimum Gasteiger partial charge on any atom is -0.473 e. The van der Waals surface area contributed by atoms with Crippen LogP contribution in [0.2, 0.25) is 0 Å². The van der Waals surface area contributed by atoms with Crippen molar-refractivity contribution < 1.29 is 29.3 Å². The second-order valence-electron chi connectivity index (χ2n) is 5.28. The van der Waals surface area contributed by atoms with Gasteiger partial charge in [0.05, 0.1) is 0 Å². The van der Waals surface area contributed by atoms with Gasteiger partial charge in [-0.05, 0) is 44.3 Å². The third-order valence-corrected chi connectivity index (χ3v) is 3.01. The van der Waals surface area contributed by atoms with Gasteiger partial charge in [-0.3, -0.25) is 4.79 Å². The Balaban J connectivity index is 0.000000413. The molecular formula is C16H20N2O6. The summed E-state index contributed by atoms with van der Waals surface area (Å²) in [4.78, 5) is 34.5. The van der Waals surface area contributed by atoms with Gasteiger partial charge in [-0.15, -0.1) is 0 Å². The Morgan fingerprint density at radius 1 is 1.17 bits per heavy atom. The SMILES string of the molecule is CC(=O)Oc1ccc2[nH]cc(CCN(C)C)c2c1.O=C(O)C(=O)O. The molecule has 2 aromatic rings. The predicted molar refractivity (Wildman–Crippen MR) is 87.1 cm³/mol. The summed E-state index contributed by atoms with van der Waals surface area (Å²) < 4.78 is 5.11. The molecule has 1 aromatic heterocycles. The molecule has 0 bridgehead atoms. The summed E-state index contributed by atoms with van der Waals surface area (Å²) in [6.45, 7) is 2.40.